The second-order valence-corrected chi connectivity index (χ2v) is 2.12. The Morgan fingerprint density at radius 1 is 1.58 bits per heavy atom. The number of nitrogens with zero attached hydrogens (tertiary/aromatic N) is 2. The van der Waals surface area contributed by atoms with Gasteiger partial charge in [0.15, 0.2) is 0 Å². The quantitative estimate of drug-likeness (QED) is 0.610. The maximum Gasteiger partial charge on any atom is 0.356 e. The molecule has 1 aromatic heterocycles. The average molecular weight is 171 g/mol. The number of H-pyrrole nitrogens is 1. The molecule has 0 aliphatic carbocycles. The van der Waals surface area contributed by atoms with Gasteiger partial charge in [-0.1, -0.05) is 0 Å². The Kier molecular flexibility index (Phi) is 2.27. The zero-order valence-electron chi connectivity index (χ0n) is 6.83. The van der Waals surface area contributed by atoms with Crippen molar-refractivity contribution in [2.24, 2.45) is 7.05 Å². The molecule has 12 heavy (non-hydrogen) atoms. The summed E-state index contributed by atoms with van der Waals surface area (Å²) in [5.74, 6) is 0. The fourth-order valence-electron chi connectivity index (χ4n) is 0.657. The fraction of sp³-hybridized carbons (Fsp3) is 0.500. The summed E-state index contributed by atoms with van der Waals surface area (Å²) < 4.78 is 5.71. The SMILES string of the molecule is CCOc1nc(=O)n(C)c(=O)[nH]1. The molecular weight excluding hydrogens is 162 g/mol. The summed E-state index contributed by atoms with van der Waals surface area (Å²) in [5.41, 5.74) is -1.15. The van der Waals surface area contributed by atoms with Crippen molar-refractivity contribution in [2.45, 2.75) is 6.92 Å². The topological polar surface area (TPSA) is 77.0 Å². The molecule has 1 aromatic rings. The van der Waals surface area contributed by atoms with Crippen molar-refractivity contribution in [1.29, 1.82) is 0 Å². The van der Waals surface area contributed by atoms with E-state index in [0.717, 1.165) is 4.57 Å². The van der Waals surface area contributed by atoms with Crippen LogP contribution in [0.5, 0.6) is 6.01 Å². The van der Waals surface area contributed by atoms with Crippen molar-refractivity contribution >= 4 is 0 Å². The number of nitrogens with one attached hydrogen (secondary N) is 1. The first-order chi connectivity index (χ1) is 5.65. The lowest BCUT2D eigenvalue weighted by Gasteiger charge is -2.00. The Labute approximate surface area is 67.8 Å². The molecule has 6 heteroatoms. The van der Waals surface area contributed by atoms with Crippen molar-refractivity contribution in [3.63, 3.8) is 0 Å². The predicted octanol–water partition coefficient (Wildman–Crippen LogP) is -1.13. The molecule has 0 atom stereocenters. The van der Waals surface area contributed by atoms with Gasteiger partial charge in [-0.15, -0.1) is 4.98 Å². The molecule has 0 spiro atoms. The Hall–Kier alpha value is -1.59. The smallest absolute Gasteiger partial charge is 0.356 e. The van der Waals surface area contributed by atoms with Gasteiger partial charge >= 0.3 is 17.4 Å². The van der Waals surface area contributed by atoms with E-state index in [1.54, 1.807) is 6.92 Å². The zero-order chi connectivity index (χ0) is 9.14. The van der Waals surface area contributed by atoms with E-state index in [1.165, 1.54) is 7.05 Å². The maximum atomic E-state index is 10.9. The summed E-state index contributed by atoms with van der Waals surface area (Å²) in [6.45, 7) is 2.09. The third-order valence-corrected chi connectivity index (χ3v) is 1.28. The molecule has 0 radical (unpaired) electrons. The highest BCUT2D eigenvalue weighted by Crippen LogP contribution is 1.89. The Morgan fingerprint density at radius 3 is 2.75 bits per heavy atom. The van der Waals surface area contributed by atoms with Crippen LogP contribution in [0.15, 0.2) is 9.59 Å². The van der Waals surface area contributed by atoms with E-state index < -0.39 is 11.4 Å². The van der Waals surface area contributed by atoms with Gasteiger partial charge in [0.1, 0.15) is 0 Å². The first-order valence-electron chi connectivity index (χ1n) is 3.45. The number of aromatic amines is 1. The van der Waals surface area contributed by atoms with Gasteiger partial charge in [-0.25, -0.2) is 14.2 Å². The molecule has 1 heterocycles. The van der Waals surface area contributed by atoms with E-state index in [0.29, 0.717) is 6.61 Å². The number of hydrogen-bond acceptors (Lipinski definition) is 4. The van der Waals surface area contributed by atoms with Crippen LogP contribution in [0.25, 0.3) is 0 Å². The van der Waals surface area contributed by atoms with Crippen LogP contribution in [0.1, 0.15) is 6.92 Å². The second-order valence-electron chi connectivity index (χ2n) is 2.12. The van der Waals surface area contributed by atoms with Crippen LogP contribution in [0.3, 0.4) is 0 Å². The highest BCUT2D eigenvalue weighted by atomic mass is 16.5. The van der Waals surface area contributed by atoms with E-state index in [-0.39, 0.29) is 6.01 Å². The van der Waals surface area contributed by atoms with E-state index in [9.17, 15) is 9.59 Å². The minimum atomic E-state index is -0.623. The van der Waals surface area contributed by atoms with Gasteiger partial charge in [0, 0.05) is 7.05 Å². The molecule has 0 unspecified atom stereocenters. The lowest BCUT2D eigenvalue weighted by atomic mass is 10.8. The van der Waals surface area contributed by atoms with Crippen LogP contribution < -0.4 is 16.1 Å². The molecule has 0 amide bonds. The molecule has 0 fully saturated rings. The van der Waals surface area contributed by atoms with E-state index >= 15 is 0 Å². The van der Waals surface area contributed by atoms with Crippen molar-refractivity contribution in [3.05, 3.63) is 21.0 Å². The molecule has 1 N–H and O–H groups in total. The van der Waals surface area contributed by atoms with Crippen LogP contribution in [0.4, 0.5) is 0 Å². The summed E-state index contributed by atoms with van der Waals surface area (Å²) >= 11 is 0. The number of rotatable bonds is 2. The summed E-state index contributed by atoms with van der Waals surface area (Å²) in [4.78, 5) is 27.6. The fourth-order valence-corrected chi connectivity index (χ4v) is 0.657. The third kappa shape index (κ3) is 1.52. The predicted molar refractivity (Wildman–Crippen MR) is 41.3 cm³/mol. The normalized spacial score (nSPS) is 9.83. The molecule has 66 valence electrons. The first kappa shape index (κ1) is 8.51. The standard InChI is InChI=1S/C6H9N3O3/c1-3-12-4-7-5(10)9(2)6(11)8-4/h3H2,1-2H3,(H,7,8,10,11). The van der Waals surface area contributed by atoms with Crippen molar-refractivity contribution in [2.75, 3.05) is 6.61 Å². The first-order valence-corrected chi connectivity index (χ1v) is 3.45. The van der Waals surface area contributed by atoms with E-state index in [1.807, 2.05) is 0 Å². The molecule has 0 saturated carbocycles. The third-order valence-electron chi connectivity index (χ3n) is 1.28. The van der Waals surface area contributed by atoms with Crippen LogP contribution in [-0.4, -0.2) is 21.1 Å². The minimum absolute atomic E-state index is 0.0365. The van der Waals surface area contributed by atoms with E-state index in [2.05, 4.69) is 9.97 Å². The molecule has 6 nitrogen and oxygen atoms in total. The van der Waals surface area contributed by atoms with Crippen molar-refractivity contribution in [3.8, 4) is 6.01 Å². The Balaban J connectivity index is 3.22. The van der Waals surface area contributed by atoms with Crippen LogP contribution in [0, 0.1) is 0 Å². The lowest BCUT2D eigenvalue weighted by molar-refractivity contribution is 0.306. The van der Waals surface area contributed by atoms with Crippen molar-refractivity contribution in [1.82, 2.24) is 14.5 Å². The molecule has 0 saturated heterocycles. The largest absolute Gasteiger partial charge is 0.465 e. The van der Waals surface area contributed by atoms with Gasteiger partial charge in [0.25, 0.3) is 0 Å². The second kappa shape index (κ2) is 3.21. The Bertz CT molecular complexity index is 347. The molecular formula is C6H9N3O3. The Morgan fingerprint density at radius 2 is 2.25 bits per heavy atom. The minimum Gasteiger partial charge on any atom is -0.465 e. The van der Waals surface area contributed by atoms with Gasteiger partial charge in [0.2, 0.25) is 0 Å². The molecule has 0 aromatic carbocycles. The van der Waals surface area contributed by atoms with E-state index in [4.69, 9.17) is 4.74 Å². The van der Waals surface area contributed by atoms with Gasteiger partial charge in [-0.3, -0.25) is 4.98 Å². The number of ether oxygens (including phenoxy) is 1. The van der Waals surface area contributed by atoms with Crippen LogP contribution in [-0.2, 0) is 7.05 Å². The lowest BCUT2D eigenvalue weighted by Crippen LogP contribution is -2.34. The maximum absolute atomic E-state index is 10.9. The summed E-state index contributed by atoms with van der Waals surface area (Å²) in [7, 11) is 1.34. The number of hydrogen-bond donors (Lipinski definition) is 1. The molecule has 0 aliphatic heterocycles. The van der Waals surface area contributed by atoms with Crippen LogP contribution in [0.2, 0.25) is 0 Å². The van der Waals surface area contributed by atoms with Gasteiger partial charge in [0.05, 0.1) is 6.61 Å². The highest BCUT2D eigenvalue weighted by molar-refractivity contribution is 4.88. The van der Waals surface area contributed by atoms with Crippen molar-refractivity contribution < 1.29 is 4.74 Å². The molecule has 0 bridgehead atoms. The molecule has 0 aliphatic rings. The number of aromatic nitrogens is 3. The summed E-state index contributed by atoms with van der Waals surface area (Å²) in [6.07, 6.45) is 0. The van der Waals surface area contributed by atoms with Crippen LogP contribution >= 0.6 is 0 Å². The van der Waals surface area contributed by atoms with Gasteiger partial charge < -0.3 is 4.74 Å². The molecule has 1 rings (SSSR count). The monoisotopic (exact) mass is 171 g/mol. The zero-order valence-corrected chi connectivity index (χ0v) is 6.83. The summed E-state index contributed by atoms with van der Waals surface area (Å²) in [6, 6.07) is -0.0365. The summed E-state index contributed by atoms with van der Waals surface area (Å²) in [5, 5.41) is 0. The highest BCUT2D eigenvalue weighted by Gasteiger charge is 2.00. The van der Waals surface area contributed by atoms with Gasteiger partial charge in [-0.05, 0) is 6.92 Å². The van der Waals surface area contributed by atoms with Gasteiger partial charge in [-0.2, -0.15) is 0 Å². The average Bonchev–Trinajstić information content (AvgIpc) is 2.01.